The van der Waals surface area contributed by atoms with E-state index in [0.717, 1.165) is 31.8 Å². The van der Waals surface area contributed by atoms with Crippen molar-refractivity contribution in [2.24, 2.45) is 5.73 Å². The smallest absolute Gasteiger partial charge is 0.407 e. The summed E-state index contributed by atoms with van der Waals surface area (Å²) in [6.45, 7) is 1.87. The second-order valence-electron chi connectivity index (χ2n) is 4.53. The Morgan fingerprint density at radius 1 is 1.26 bits per heavy atom. The number of hydrogen-bond donors (Lipinski definition) is 2. The first-order valence-electron chi connectivity index (χ1n) is 6.68. The summed E-state index contributed by atoms with van der Waals surface area (Å²) in [5.41, 5.74) is 5.71. The molecule has 1 fully saturated rings. The summed E-state index contributed by atoms with van der Waals surface area (Å²) in [6.07, 6.45) is 6.10. The lowest BCUT2D eigenvalue weighted by Gasteiger charge is -2.22. The van der Waals surface area contributed by atoms with Crippen molar-refractivity contribution in [3.05, 3.63) is 11.8 Å². The predicted octanol–water partition coefficient (Wildman–Crippen LogP) is 1.45. The molecule has 1 saturated carbocycles. The van der Waals surface area contributed by atoms with Crippen molar-refractivity contribution in [3.63, 3.8) is 0 Å². The van der Waals surface area contributed by atoms with Crippen molar-refractivity contribution in [2.75, 3.05) is 13.2 Å². The number of ether oxygens (including phenoxy) is 2. The normalized spacial score (nSPS) is 16.8. The molecule has 0 spiro atoms. The number of rotatable bonds is 5. The molecule has 1 aliphatic carbocycles. The summed E-state index contributed by atoms with van der Waals surface area (Å²) >= 11 is 0. The lowest BCUT2D eigenvalue weighted by molar-refractivity contribution is -0.137. The summed E-state index contributed by atoms with van der Waals surface area (Å²) in [6, 6.07) is 0.191. The monoisotopic (exact) mass is 270 g/mol. The molecular formula is C13H22N2O4. The van der Waals surface area contributed by atoms with E-state index < -0.39 is 12.1 Å². The van der Waals surface area contributed by atoms with E-state index in [1.54, 1.807) is 6.92 Å². The van der Waals surface area contributed by atoms with Crippen LogP contribution in [-0.2, 0) is 14.3 Å². The number of alkyl carbamates (subject to hydrolysis) is 1. The molecule has 0 aromatic carbocycles. The largest absolute Gasteiger partial charge is 0.463 e. The molecule has 0 radical (unpaired) electrons. The zero-order valence-electron chi connectivity index (χ0n) is 11.3. The zero-order valence-corrected chi connectivity index (χ0v) is 11.3. The van der Waals surface area contributed by atoms with E-state index in [1.165, 1.54) is 6.42 Å². The molecule has 1 amide bonds. The fourth-order valence-electron chi connectivity index (χ4n) is 1.98. The lowest BCUT2D eigenvalue weighted by atomic mass is 9.96. The van der Waals surface area contributed by atoms with Crippen LogP contribution in [0.25, 0.3) is 0 Å². The summed E-state index contributed by atoms with van der Waals surface area (Å²) in [4.78, 5) is 22.6. The van der Waals surface area contributed by atoms with Crippen LogP contribution in [0.3, 0.4) is 0 Å². The number of nitrogens with two attached hydrogens (primary N) is 1. The van der Waals surface area contributed by atoms with Crippen molar-refractivity contribution in [1.29, 1.82) is 0 Å². The summed E-state index contributed by atoms with van der Waals surface area (Å²) in [5.74, 6) is -0.531. The van der Waals surface area contributed by atoms with Crippen LogP contribution in [-0.4, -0.2) is 31.3 Å². The highest BCUT2D eigenvalue weighted by molar-refractivity contribution is 5.82. The Bertz CT molecular complexity index is 336. The van der Waals surface area contributed by atoms with Crippen molar-refractivity contribution >= 4 is 12.1 Å². The predicted molar refractivity (Wildman–Crippen MR) is 70.3 cm³/mol. The highest BCUT2D eigenvalue weighted by Gasteiger charge is 2.16. The standard InChI is InChI=1S/C13H22N2O4/c1-2-18-12(16)8-10(14)9-19-13(17)15-11-6-4-3-5-7-11/h8,11H,2-7,9,14H2,1H3,(H,15,17). The Morgan fingerprint density at radius 3 is 2.58 bits per heavy atom. The van der Waals surface area contributed by atoms with Gasteiger partial charge in [-0.05, 0) is 19.8 Å². The van der Waals surface area contributed by atoms with Gasteiger partial charge < -0.3 is 20.5 Å². The van der Waals surface area contributed by atoms with Gasteiger partial charge in [-0.3, -0.25) is 0 Å². The van der Waals surface area contributed by atoms with Crippen molar-refractivity contribution in [3.8, 4) is 0 Å². The van der Waals surface area contributed by atoms with E-state index in [0.29, 0.717) is 0 Å². The van der Waals surface area contributed by atoms with Gasteiger partial charge in [-0.15, -0.1) is 0 Å². The molecular weight excluding hydrogens is 248 g/mol. The summed E-state index contributed by atoms with van der Waals surface area (Å²) < 4.78 is 9.62. The van der Waals surface area contributed by atoms with Crippen LogP contribution in [0.15, 0.2) is 11.8 Å². The van der Waals surface area contributed by atoms with Crippen LogP contribution < -0.4 is 11.1 Å². The average Bonchev–Trinajstić information content (AvgIpc) is 2.38. The summed E-state index contributed by atoms with van der Waals surface area (Å²) in [7, 11) is 0. The fourth-order valence-corrected chi connectivity index (χ4v) is 1.98. The lowest BCUT2D eigenvalue weighted by Crippen LogP contribution is -2.37. The average molecular weight is 270 g/mol. The van der Waals surface area contributed by atoms with Crippen molar-refractivity contribution < 1.29 is 19.1 Å². The van der Waals surface area contributed by atoms with Crippen LogP contribution in [0.1, 0.15) is 39.0 Å². The van der Waals surface area contributed by atoms with Gasteiger partial charge in [0.2, 0.25) is 0 Å². The molecule has 108 valence electrons. The maximum Gasteiger partial charge on any atom is 0.407 e. The number of amides is 1. The van der Waals surface area contributed by atoms with Gasteiger partial charge in [-0.25, -0.2) is 9.59 Å². The van der Waals surface area contributed by atoms with E-state index in [2.05, 4.69) is 10.1 Å². The van der Waals surface area contributed by atoms with Crippen molar-refractivity contribution in [1.82, 2.24) is 5.32 Å². The molecule has 3 N–H and O–H groups in total. The molecule has 0 aromatic rings. The first kappa shape index (κ1) is 15.3. The van der Waals surface area contributed by atoms with Gasteiger partial charge in [0.05, 0.1) is 12.3 Å². The first-order chi connectivity index (χ1) is 9.11. The van der Waals surface area contributed by atoms with E-state index in [9.17, 15) is 9.59 Å². The molecule has 0 saturated heterocycles. The minimum Gasteiger partial charge on any atom is -0.463 e. The minimum absolute atomic E-state index is 0.114. The Kier molecular flexibility index (Phi) is 6.78. The summed E-state index contributed by atoms with van der Waals surface area (Å²) in [5, 5.41) is 2.79. The third kappa shape index (κ3) is 6.69. The number of carbonyl (C=O) groups excluding carboxylic acids is 2. The molecule has 0 aliphatic heterocycles. The maximum absolute atomic E-state index is 11.5. The third-order valence-corrected chi connectivity index (χ3v) is 2.89. The van der Waals surface area contributed by atoms with Crippen LogP contribution >= 0.6 is 0 Å². The van der Waals surface area contributed by atoms with Crippen molar-refractivity contribution in [2.45, 2.75) is 45.1 Å². The van der Waals surface area contributed by atoms with Gasteiger partial charge in [0.1, 0.15) is 6.61 Å². The highest BCUT2D eigenvalue weighted by Crippen LogP contribution is 2.17. The second kappa shape index (κ2) is 8.39. The topological polar surface area (TPSA) is 90.7 Å². The molecule has 19 heavy (non-hydrogen) atoms. The SMILES string of the molecule is CCOC(=O)C=C(N)COC(=O)NC1CCCCC1. The van der Waals surface area contributed by atoms with E-state index in [1.807, 2.05) is 0 Å². The van der Waals surface area contributed by atoms with Gasteiger partial charge in [0, 0.05) is 12.1 Å². The van der Waals surface area contributed by atoms with E-state index >= 15 is 0 Å². The van der Waals surface area contributed by atoms with Gasteiger partial charge in [0.25, 0.3) is 0 Å². The minimum atomic E-state index is -0.531. The molecule has 6 nitrogen and oxygen atoms in total. The fraction of sp³-hybridized carbons (Fsp3) is 0.692. The van der Waals surface area contributed by atoms with E-state index in [-0.39, 0.29) is 25.0 Å². The number of hydrogen-bond acceptors (Lipinski definition) is 5. The van der Waals surface area contributed by atoms with Crippen LogP contribution in [0, 0.1) is 0 Å². The van der Waals surface area contributed by atoms with Gasteiger partial charge in [0.15, 0.2) is 0 Å². The Morgan fingerprint density at radius 2 is 1.95 bits per heavy atom. The van der Waals surface area contributed by atoms with Gasteiger partial charge in [-0.2, -0.15) is 0 Å². The molecule has 6 heteroatoms. The Hall–Kier alpha value is -1.72. The van der Waals surface area contributed by atoms with Gasteiger partial charge >= 0.3 is 12.1 Å². The van der Waals surface area contributed by atoms with Crippen LogP contribution in [0.4, 0.5) is 4.79 Å². The molecule has 1 aliphatic rings. The second-order valence-corrected chi connectivity index (χ2v) is 4.53. The van der Waals surface area contributed by atoms with Gasteiger partial charge in [-0.1, -0.05) is 19.3 Å². The molecule has 1 rings (SSSR count). The molecule has 0 heterocycles. The zero-order chi connectivity index (χ0) is 14.1. The molecule has 0 unspecified atom stereocenters. The highest BCUT2D eigenvalue weighted by atomic mass is 16.5. The van der Waals surface area contributed by atoms with Crippen LogP contribution in [0.2, 0.25) is 0 Å². The molecule has 0 aromatic heterocycles. The Labute approximate surface area is 113 Å². The van der Waals surface area contributed by atoms with Crippen LogP contribution in [0.5, 0.6) is 0 Å². The maximum atomic E-state index is 11.5. The Balaban J connectivity index is 2.23. The van der Waals surface area contributed by atoms with E-state index in [4.69, 9.17) is 10.5 Å². The first-order valence-corrected chi connectivity index (χ1v) is 6.68. The molecule has 0 atom stereocenters. The third-order valence-electron chi connectivity index (χ3n) is 2.89. The number of esters is 1. The molecule has 0 bridgehead atoms. The quantitative estimate of drug-likeness (QED) is 0.583. The number of nitrogens with one attached hydrogen (secondary N) is 1. The number of carbonyl (C=O) groups is 2.